The summed E-state index contributed by atoms with van der Waals surface area (Å²) in [6.45, 7) is 16.7. The number of benzene rings is 3. The molecule has 1 atom stereocenters. The van der Waals surface area contributed by atoms with Crippen LogP contribution in [-0.4, -0.2) is 25.0 Å². The van der Waals surface area contributed by atoms with Crippen molar-refractivity contribution in [2.45, 2.75) is 113 Å². The number of rotatable bonds is 21. The first-order valence-electron chi connectivity index (χ1n) is 18.4. The number of carbonyl (C=O) groups excluding carboxylic acids is 2. The second-order valence-electron chi connectivity index (χ2n) is 14.3. The summed E-state index contributed by atoms with van der Waals surface area (Å²) in [6, 6.07) is 17.7. The normalized spacial score (nSPS) is 11.8. The highest BCUT2D eigenvalue weighted by Crippen LogP contribution is 2.32. The van der Waals surface area contributed by atoms with E-state index >= 15 is 0 Å². The van der Waals surface area contributed by atoms with Gasteiger partial charge in [0.1, 0.15) is 23.0 Å². The predicted molar refractivity (Wildman–Crippen MR) is 200 cm³/mol. The standard InChI is InChI=1S/C42H60N2O5/c1-30(2)14-11-9-8-10-12-26-48-39-28-34(7)40(29-33(39)6)49-38-23-19-36(20-24-38)42(46)44-43-41(45)35-17-21-37(22-18-35)47-27-25-32(5)16-13-15-31(3)4/h17-24,28-32H,8-16,25-27H2,1-7H3,(H,43,45)(H,44,46). The van der Waals surface area contributed by atoms with Crippen molar-refractivity contribution >= 4 is 11.8 Å². The van der Waals surface area contributed by atoms with Crippen molar-refractivity contribution in [3.63, 3.8) is 0 Å². The minimum Gasteiger partial charge on any atom is -0.494 e. The lowest BCUT2D eigenvalue weighted by Gasteiger charge is -2.15. The van der Waals surface area contributed by atoms with Crippen LogP contribution in [0.25, 0.3) is 0 Å². The average molecular weight is 673 g/mol. The molecule has 0 fully saturated rings. The van der Waals surface area contributed by atoms with Crippen molar-refractivity contribution < 1.29 is 23.8 Å². The molecule has 49 heavy (non-hydrogen) atoms. The van der Waals surface area contributed by atoms with Crippen molar-refractivity contribution in [3.8, 4) is 23.0 Å². The molecule has 0 heterocycles. The largest absolute Gasteiger partial charge is 0.494 e. The Balaban J connectivity index is 1.39. The molecular weight excluding hydrogens is 612 g/mol. The van der Waals surface area contributed by atoms with Gasteiger partial charge in [0.15, 0.2) is 0 Å². The van der Waals surface area contributed by atoms with Crippen molar-refractivity contribution in [1.29, 1.82) is 0 Å². The van der Waals surface area contributed by atoms with E-state index in [1.165, 1.54) is 51.4 Å². The Morgan fingerprint density at radius 2 is 1.06 bits per heavy atom. The number of hydrazine groups is 1. The zero-order chi connectivity index (χ0) is 35.6. The van der Waals surface area contributed by atoms with Crippen LogP contribution in [0.5, 0.6) is 23.0 Å². The lowest BCUT2D eigenvalue weighted by molar-refractivity contribution is 0.0846. The fourth-order valence-electron chi connectivity index (χ4n) is 5.55. The third-order valence-corrected chi connectivity index (χ3v) is 8.76. The molecule has 0 spiro atoms. The fraction of sp³-hybridized carbons (Fsp3) is 0.524. The van der Waals surface area contributed by atoms with E-state index in [0.717, 1.165) is 53.1 Å². The van der Waals surface area contributed by atoms with Crippen LogP contribution in [-0.2, 0) is 0 Å². The molecule has 2 N–H and O–H groups in total. The number of carbonyl (C=O) groups is 2. The molecular formula is C42H60N2O5. The maximum absolute atomic E-state index is 12.7. The first-order chi connectivity index (χ1) is 23.5. The van der Waals surface area contributed by atoms with E-state index in [-0.39, 0.29) is 0 Å². The van der Waals surface area contributed by atoms with Crippen LogP contribution in [0, 0.1) is 31.6 Å². The molecule has 3 aromatic rings. The van der Waals surface area contributed by atoms with E-state index in [1.807, 2.05) is 26.0 Å². The van der Waals surface area contributed by atoms with Gasteiger partial charge in [0, 0.05) is 11.1 Å². The number of ether oxygens (including phenoxy) is 3. The highest BCUT2D eigenvalue weighted by atomic mass is 16.5. The average Bonchev–Trinajstić information content (AvgIpc) is 3.07. The summed E-state index contributed by atoms with van der Waals surface area (Å²) >= 11 is 0. The highest BCUT2D eigenvalue weighted by molar-refractivity contribution is 5.99. The molecule has 0 aliphatic carbocycles. The van der Waals surface area contributed by atoms with E-state index in [0.29, 0.717) is 36.0 Å². The molecule has 0 saturated carbocycles. The number of amides is 2. The summed E-state index contributed by atoms with van der Waals surface area (Å²) < 4.78 is 18.1. The molecule has 0 aromatic heterocycles. The summed E-state index contributed by atoms with van der Waals surface area (Å²) in [5.74, 6) is 4.28. The molecule has 0 aliphatic heterocycles. The maximum Gasteiger partial charge on any atom is 0.269 e. The van der Waals surface area contributed by atoms with Crippen LogP contribution in [0.3, 0.4) is 0 Å². The van der Waals surface area contributed by atoms with E-state index in [4.69, 9.17) is 14.2 Å². The van der Waals surface area contributed by atoms with Gasteiger partial charge in [-0.2, -0.15) is 0 Å². The summed E-state index contributed by atoms with van der Waals surface area (Å²) in [7, 11) is 0. The highest BCUT2D eigenvalue weighted by Gasteiger charge is 2.12. The Kier molecular flexibility index (Phi) is 17.0. The summed E-state index contributed by atoms with van der Waals surface area (Å²) in [5.41, 5.74) is 7.78. The Hall–Kier alpha value is -4.00. The van der Waals surface area contributed by atoms with Gasteiger partial charge >= 0.3 is 0 Å². The van der Waals surface area contributed by atoms with Crippen LogP contribution in [0.4, 0.5) is 0 Å². The van der Waals surface area contributed by atoms with Crippen LogP contribution in [0.1, 0.15) is 131 Å². The van der Waals surface area contributed by atoms with E-state index < -0.39 is 11.8 Å². The summed E-state index contributed by atoms with van der Waals surface area (Å²) in [6.07, 6.45) is 12.2. The molecule has 7 heteroatoms. The van der Waals surface area contributed by atoms with Crippen LogP contribution >= 0.6 is 0 Å². The van der Waals surface area contributed by atoms with Gasteiger partial charge in [-0.1, -0.05) is 86.0 Å². The topological polar surface area (TPSA) is 85.9 Å². The Labute approximate surface area is 295 Å². The van der Waals surface area contributed by atoms with Crippen LogP contribution in [0.15, 0.2) is 60.7 Å². The summed E-state index contributed by atoms with van der Waals surface area (Å²) in [5, 5.41) is 0. The number of nitrogens with one attached hydrogen (secondary N) is 2. The number of aryl methyl sites for hydroxylation is 2. The minimum absolute atomic E-state index is 0.395. The molecule has 2 amide bonds. The lowest BCUT2D eigenvalue weighted by Crippen LogP contribution is -2.41. The monoisotopic (exact) mass is 672 g/mol. The zero-order valence-corrected chi connectivity index (χ0v) is 31.0. The summed E-state index contributed by atoms with van der Waals surface area (Å²) in [4.78, 5) is 25.3. The maximum atomic E-state index is 12.7. The Morgan fingerprint density at radius 3 is 1.67 bits per heavy atom. The zero-order valence-electron chi connectivity index (χ0n) is 31.0. The molecule has 268 valence electrons. The first-order valence-corrected chi connectivity index (χ1v) is 18.4. The molecule has 0 saturated heterocycles. The van der Waals surface area contributed by atoms with E-state index in [1.54, 1.807) is 48.5 Å². The van der Waals surface area contributed by atoms with Gasteiger partial charge in [-0.05, 0) is 116 Å². The van der Waals surface area contributed by atoms with Gasteiger partial charge in [0.25, 0.3) is 11.8 Å². The molecule has 7 nitrogen and oxygen atoms in total. The fourth-order valence-corrected chi connectivity index (χ4v) is 5.55. The predicted octanol–water partition coefficient (Wildman–Crippen LogP) is 10.8. The molecule has 1 unspecified atom stereocenters. The molecule has 0 aliphatic rings. The van der Waals surface area contributed by atoms with Crippen molar-refractivity contribution in [2.24, 2.45) is 17.8 Å². The van der Waals surface area contributed by atoms with Gasteiger partial charge < -0.3 is 14.2 Å². The van der Waals surface area contributed by atoms with E-state index in [2.05, 4.69) is 45.5 Å². The third kappa shape index (κ3) is 15.0. The second kappa shape index (κ2) is 21.2. The van der Waals surface area contributed by atoms with Gasteiger partial charge in [-0.3, -0.25) is 20.4 Å². The van der Waals surface area contributed by atoms with Crippen molar-refractivity contribution in [3.05, 3.63) is 82.9 Å². The molecule has 3 aromatic carbocycles. The third-order valence-electron chi connectivity index (χ3n) is 8.76. The van der Waals surface area contributed by atoms with Gasteiger partial charge in [0.2, 0.25) is 0 Å². The molecule has 0 radical (unpaired) electrons. The van der Waals surface area contributed by atoms with Gasteiger partial charge in [-0.15, -0.1) is 0 Å². The molecule has 0 bridgehead atoms. The van der Waals surface area contributed by atoms with Crippen molar-refractivity contribution in [2.75, 3.05) is 13.2 Å². The van der Waals surface area contributed by atoms with E-state index in [9.17, 15) is 9.59 Å². The quantitative estimate of drug-likeness (QED) is 0.0869. The van der Waals surface area contributed by atoms with Crippen molar-refractivity contribution in [1.82, 2.24) is 10.9 Å². The minimum atomic E-state index is -0.425. The van der Waals surface area contributed by atoms with Gasteiger partial charge in [0.05, 0.1) is 13.2 Å². The second-order valence-corrected chi connectivity index (χ2v) is 14.3. The Bertz CT molecular complexity index is 1420. The first kappa shape index (κ1) is 39.4. The van der Waals surface area contributed by atoms with Gasteiger partial charge in [-0.25, -0.2) is 0 Å². The smallest absolute Gasteiger partial charge is 0.269 e. The van der Waals surface area contributed by atoms with Crippen LogP contribution in [0.2, 0.25) is 0 Å². The SMILES string of the molecule is Cc1cc(Oc2ccc(C(=O)NNC(=O)c3ccc(OCCC(C)CCCC(C)C)cc3)cc2)c(C)cc1OCCCCCCCC(C)C. The lowest BCUT2D eigenvalue weighted by atomic mass is 9.98. The van der Waals surface area contributed by atoms with Crippen LogP contribution < -0.4 is 25.1 Å². The molecule has 3 rings (SSSR count). The number of unbranched alkanes of at least 4 members (excludes halogenated alkanes) is 4. The Morgan fingerprint density at radius 1 is 0.551 bits per heavy atom. The number of hydrogen-bond acceptors (Lipinski definition) is 5. The number of hydrogen-bond donors (Lipinski definition) is 2.